The summed E-state index contributed by atoms with van der Waals surface area (Å²) in [5.74, 6) is -3.73. The Morgan fingerprint density at radius 3 is 2.70 bits per heavy atom. The highest BCUT2D eigenvalue weighted by atomic mass is 35.5. The van der Waals surface area contributed by atoms with Gasteiger partial charge in [-0.1, -0.05) is 24.2 Å². The van der Waals surface area contributed by atoms with Gasteiger partial charge in [0.05, 0.1) is 34.3 Å². The van der Waals surface area contributed by atoms with Crippen LogP contribution in [0.5, 0.6) is 11.5 Å². The lowest BCUT2D eigenvalue weighted by atomic mass is 9.98. The highest BCUT2D eigenvalue weighted by Gasteiger charge is 2.41. The summed E-state index contributed by atoms with van der Waals surface area (Å²) in [5, 5.41) is 11.2. The number of hydrogen-bond donors (Lipinski definition) is 1. The molecule has 0 saturated carbocycles. The quantitative estimate of drug-likeness (QED) is 0.423. The average Bonchev–Trinajstić information content (AvgIpc) is 3.30. The Labute approximate surface area is 250 Å². The van der Waals surface area contributed by atoms with E-state index in [9.17, 15) is 23.5 Å². The fourth-order valence-corrected chi connectivity index (χ4v) is 6.80. The average molecular weight is 618 g/mol. The predicted octanol–water partition coefficient (Wildman–Crippen LogP) is 4.45. The van der Waals surface area contributed by atoms with Crippen LogP contribution in [0.15, 0.2) is 41.7 Å². The molecule has 43 heavy (non-hydrogen) atoms. The zero-order valence-electron chi connectivity index (χ0n) is 23.7. The van der Waals surface area contributed by atoms with Crippen molar-refractivity contribution in [3.63, 3.8) is 0 Å². The van der Waals surface area contributed by atoms with Crippen molar-refractivity contribution >= 4 is 34.2 Å². The van der Waals surface area contributed by atoms with Crippen molar-refractivity contribution in [2.24, 2.45) is 0 Å². The fraction of sp³-hybridized carbons (Fsp3) is 0.433. The number of rotatable bonds is 5. The van der Waals surface area contributed by atoms with E-state index in [1.165, 1.54) is 28.8 Å². The number of benzene rings is 2. The zero-order chi connectivity index (χ0) is 30.8. The molecule has 2 saturated heterocycles. The number of amides is 1. The molecule has 1 aromatic heterocycles. The van der Waals surface area contributed by atoms with Crippen molar-refractivity contribution in [2.45, 2.75) is 44.3 Å². The molecule has 1 amide bonds. The number of carbonyl (C=O) groups excluding carboxylic acids is 1. The van der Waals surface area contributed by atoms with Crippen LogP contribution in [0, 0.1) is 5.82 Å². The smallest absolute Gasteiger partial charge is 0.350 e. The first-order valence-corrected chi connectivity index (χ1v) is 14.5. The van der Waals surface area contributed by atoms with E-state index in [4.69, 9.17) is 16.3 Å². The van der Waals surface area contributed by atoms with E-state index in [0.717, 1.165) is 0 Å². The number of alkyl halides is 2. The minimum atomic E-state index is -2.82. The van der Waals surface area contributed by atoms with Gasteiger partial charge in [-0.3, -0.25) is 14.3 Å². The minimum absolute atomic E-state index is 0.0648. The van der Waals surface area contributed by atoms with Gasteiger partial charge in [-0.2, -0.15) is 4.98 Å². The lowest BCUT2D eigenvalue weighted by Gasteiger charge is -2.45. The van der Waals surface area contributed by atoms with Gasteiger partial charge in [0.2, 0.25) is 5.91 Å². The topological polar surface area (TPSA) is 91.1 Å². The van der Waals surface area contributed by atoms with E-state index in [2.05, 4.69) is 11.6 Å². The molecular weight excluding hydrogens is 587 g/mol. The van der Waals surface area contributed by atoms with E-state index < -0.39 is 30.0 Å². The Kier molecular flexibility index (Phi) is 7.32. The molecule has 0 aliphatic carbocycles. The third-order valence-electron chi connectivity index (χ3n) is 8.56. The molecule has 3 aliphatic rings. The van der Waals surface area contributed by atoms with Gasteiger partial charge in [0, 0.05) is 50.1 Å². The number of nitrogens with zero attached hydrogens (tertiary/aromatic N) is 5. The highest BCUT2D eigenvalue weighted by molar-refractivity contribution is 6.35. The first kappa shape index (κ1) is 29.3. The SMILES string of the molecule is C=CC(=O)N1C[C@H](C)N(c2nc(=O)n3c4c(c(-c5c(O)cccc5F)c(Cl)cc24)OC[C@H]3CN2CCC(F)(F)C2)C[C@H]1C. The molecule has 4 heterocycles. The van der Waals surface area contributed by atoms with Crippen LogP contribution >= 0.6 is 11.6 Å². The lowest BCUT2D eigenvalue weighted by molar-refractivity contribution is -0.128. The van der Waals surface area contributed by atoms with Gasteiger partial charge >= 0.3 is 5.69 Å². The summed E-state index contributed by atoms with van der Waals surface area (Å²) in [7, 11) is 0. The number of halogens is 4. The maximum Gasteiger partial charge on any atom is 0.350 e. The second kappa shape index (κ2) is 10.7. The Balaban J connectivity index is 1.55. The Bertz CT molecular complexity index is 1680. The third kappa shape index (κ3) is 5.00. The fourth-order valence-electron chi connectivity index (χ4n) is 6.51. The number of hydrogen-bond acceptors (Lipinski definition) is 7. The Morgan fingerprint density at radius 1 is 1.26 bits per heavy atom. The lowest BCUT2D eigenvalue weighted by Crippen LogP contribution is -2.58. The number of carbonyl (C=O) groups is 1. The number of piperazine rings is 1. The van der Waals surface area contributed by atoms with Gasteiger partial charge in [0.25, 0.3) is 5.92 Å². The minimum Gasteiger partial charge on any atom is -0.507 e. The van der Waals surface area contributed by atoms with Crippen LogP contribution in [0.1, 0.15) is 26.3 Å². The van der Waals surface area contributed by atoms with Crippen LogP contribution in [-0.2, 0) is 4.79 Å². The molecule has 1 N–H and O–H groups in total. The number of aromatic nitrogens is 2. The summed E-state index contributed by atoms with van der Waals surface area (Å²) in [6.07, 6.45) is 0.987. The zero-order valence-corrected chi connectivity index (χ0v) is 24.5. The third-order valence-corrected chi connectivity index (χ3v) is 8.85. The largest absolute Gasteiger partial charge is 0.507 e. The molecule has 2 fully saturated rings. The maximum atomic E-state index is 15.2. The molecule has 0 unspecified atom stereocenters. The number of phenols is 1. The van der Waals surface area contributed by atoms with Crippen LogP contribution in [-0.4, -0.2) is 87.7 Å². The molecule has 0 spiro atoms. The number of likely N-dealkylation sites (tertiary alicyclic amines) is 1. The van der Waals surface area contributed by atoms with Gasteiger partial charge in [0.15, 0.2) is 5.75 Å². The van der Waals surface area contributed by atoms with Gasteiger partial charge in [-0.05, 0) is 38.1 Å². The summed E-state index contributed by atoms with van der Waals surface area (Å²) >= 11 is 6.80. The predicted molar refractivity (Wildman–Crippen MR) is 157 cm³/mol. The molecule has 6 rings (SSSR count). The summed E-state index contributed by atoms with van der Waals surface area (Å²) in [4.78, 5) is 36.0. The van der Waals surface area contributed by atoms with Crippen LogP contribution < -0.4 is 15.3 Å². The number of ether oxygens (including phenoxy) is 1. The van der Waals surface area contributed by atoms with Crippen LogP contribution in [0.3, 0.4) is 0 Å². The van der Waals surface area contributed by atoms with Gasteiger partial charge in [-0.15, -0.1) is 0 Å². The van der Waals surface area contributed by atoms with Crippen molar-refractivity contribution in [3.05, 3.63) is 58.2 Å². The van der Waals surface area contributed by atoms with Gasteiger partial charge in [-0.25, -0.2) is 18.0 Å². The highest BCUT2D eigenvalue weighted by Crippen LogP contribution is 2.49. The normalized spacial score (nSPS) is 23.4. The van der Waals surface area contributed by atoms with Crippen molar-refractivity contribution in [2.75, 3.05) is 44.2 Å². The van der Waals surface area contributed by atoms with Crippen LogP contribution in [0.25, 0.3) is 22.0 Å². The number of anilines is 1. The summed E-state index contributed by atoms with van der Waals surface area (Å²) in [6.45, 7) is 7.84. The van der Waals surface area contributed by atoms with E-state index in [-0.39, 0.29) is 77.3 Å². The monoisotopic (exact) mass is 617 g/mol. The first-order chi connectivity index (χ1) is 20.4. The maximum absolute atomic E-state index is 15.2. The molecule has 0 bridgehead atoms. The Morgan fingerprint density at radius 2 is 2.02 bits per heavy atom. The standard InChI is InChI=1S/C30H31ClF3N5O4/c1-4-23(41)37-11-17(3)38(12-16(37)2)28-19-10-20(31)24(25-21(32)6-5-7-22(25)40)27-26(19)39(29(42)35-28)18(14-43-27)13-36-9-8-30(33,34)15-36/h4-7,10,16-18,40H,1,8-9,11-15H2,2-3H3/t16-,17+,18-/m1/s1. The van der Waals surface area contributed by atoms with E-state index in [0.29, 0.717) is 24.3 Å². The van der Waals surface area contributed by atoms with E-state index in [1.54, 1.807) is 15.9 Å². The molecule has 13 heteroatoms. The summed E-state index contributed by atoms with van der Waals surface area (Å²) in [5.41, 5.74) is -0.454. The number of aromatic hydroxyl groups is 1. The van der Waals surface area contributed by atoms with Crippen molar-refractivity contribution < 1.29 is 27.8 Å². The second-order valence-corrected chi connectivity index (χ2v) is 11.9. The summed E-state index contributed by atoms with van der Waals surface area (Å²) in [6, 6.07) is 4.26. The molecule has 2 aromatic carbocycles. The number of phenolic OH excluding ortho intramolecular Hbond substituents is 1. The molecule has 3 atom stereocenters. The molecule has 3 aliphatic heterocycles. The van der Waals surface area contributed by atoms with Crippen LogP contribution in [0.2, 0.25) is 5.02 Å². The van der Waals surface area contributed by atoms with Crippen molar-refractivity contribution in [3.8, 4) is 22.6 Å². The first-order valence-electron chi connectivity index (χ1n) is 14.1. The van der Waals surface area contributed by atoms with E-state index >= 15 is 4.39 Å². The molecule has 228 valence electrons. The van der Waals surface area contributed by atoms with Gasteiger partial charge in [0.1, 0.15) is 24.0 Å². The molecular formula is C30H31ClF3N5O4. The van der Waals surface area contributed by atoms with Gasteiger partial charge < -0.3 is 19.6 Å². The van der Waals surface area contributed by atoms with E-state index in [1.807, 2.05) is 18.7 Å². The van der Waals surface area contributed by atoms with Crippen LogP contribution in [0.4, 0.5) is 19.0 Å². The Hall–Kier alpha value is -3.77. The van der Waals surface area contributed by atoms with Crippen molar-refractivity contribution in [1.29, 1.82) is 0 Å². The summed E-state index contributed by atoms with van der Waals surface area (Å²) < 4.78 is 50.8. The molecule has 0 radical (unpaired) electrons. The second-order valence-electron chi connectivity index (χ2n) is 11.5. The molecule has 9 nitrogen and oxygen atoms in total. The molecule has 3 aromatic rings. The van der Waals surface area contributed by atoms with Crippen molar-refractivity contribution in [1.82, 2.24) is 19.4 Å².